The van der Waals surface area contributed by atoms with Gasteiger partial charge in [0.2, 0.25) is 0 Å². The zero-order valence-corrected chi connectivity index (χ0v) is 25.5. The molecule has 2 aromatic rings. The van der Waals surface area contributed by atoms with Gasteiger partial charge in [-0.1, -0.05) is 32.9 Å². The van der Waals surface area contributed by atoms with Crippen LogP contribution in [0.5, 0.6) is 0 Å². The molecule has 0 radical (unpaired) electrons. The SMILES string of the molecule is CCN1CCN(C(=O)c2ccc(N3CCNCC3)c(NS(=O)(=O)c3ccc(CC(C)C)cc3)c2)CC1.O=C(O)C(F)(F)F. The molecule has 238 valence electrons. The molecule has 2 heterocycles. The normalized spacial score (nSPS) is 16.4. The summed E-state index contributed by atoms with van der Waals surface area (Å²) in [4.78, 5) is 28.8. The molecule has 4 rings (SSSR count). The molecule has 0 atom stereocenters. The maximum atomic E-state index is 13.4. The van der Waals surface area contributed by atoms with Gasteiger partial charge in [0, 0.05) is 57.9 Å². The Bertz CT molecular complexity index is 1340. The monoisotopic (exact) mass is 627 g/mol. The van der Waals surface area contributed by atoms with E-state index in [9.17, 15) is 26.4 Å². The van der Waals surface area contributed by atoms with E-state index in [0.29, 0.717) is 30.3 Å². The van der Waals surface area contributed by atoms with Crippen LogP contribution in [0.3, 0.4) is 0 Å². The van der Waals surface area contributed by atoms with Crippen molar-refractivity contribution in [1.82, 2.24) is 15.1 Å². The molecule has 2 aliphatic heterocycles. The van der Waals surface area contributed by atoms with Gasteiger partial charge in [0.05, 0.1) is 16.3 Å². The van der Waals surface area contributed by atoms with Crippen molar-refractivity contribution in [3.8, 4) is 0 Å². The molecule has 14 heteroatoms. The third kappa shape index (κ3) is 9.83. The van der Waals surface area contributed by atoms with Crippen LogP contribution in [0.2, 0.25) is 0 Å². The van der Waals surface area contributed by atoms with Crippen molar-refractivity contribution in [2.75, 3.05) is 68.5 Å². The number of hydrogen-bond donors (Lipinski definition) is 3. The lowest BCUT2D eigenvalue weighted by atomic mass is 10.0. The minimum atomic E-state index is -5.08. The summed E-state index contributed by atoms with van der Waals surface area (Å²) in [5, 5.41) is 10.5. The molecular formula is C29H40F3N5O5S. The van der Waals surface area contributed by atoms with Gasteiger partial charge in [-0.25, -0.2) is 13.2 Å². The zero-order chi connectivity index (χ0) is 31.8. The molecule has 10 nitrogen and oxygen atoms in total. The maximum Gasteiger partial charge on any atom is 0.490 e. The molecule has 2 fully saturated rings. The molecule has 3 N–H and O–H groups in total. The van der Waals surface area contributed by atoms with Crippen LogP contribution in [0.15, 0.2) is 47.4 Å². The number of benzene rings is 2. The Kier molecular flexibility index (Phi) is 11.8. The van der Waals surface area contributed by atoms with E-state index < -0.39 is 22.2 Å². The highest BCUT2D eigenvalue weighted by Crippen LogP contribution is 2.31. The second kappa shape index (κ2) is 14.9. The number of nitrogens with zero attached hydrogens (tertiary/aromatic N) is 3. The zero-order valence-electron chi connectivity index (χ0n) is 24.7. The predicted octanol–water partition coefficient (Wildman–Crippen LogP) is 3.51. The fraction of sp³-hybridized carbons (Fsp3) is 0.517. The van der Waals surface area contributed by atoms with Gasteiger partial charge in [-0.05, 0) is 54.8 Å². The summed E-state index contributed by atoms with van der Waals surface area (Å²) in [5.74, 6) is -2.32. The summed E-state index contributed by atoms with van der Waals surface area (Å²) in [5.41, 5.74) is 2.86. The summed E-state index contributed by atoms with van der Waals surface area (Å²) in [6.45, 7) is 13.6. The standard InChI is InChI=1S/C27H39N5O3S.C2HF3O2/c1-4-30-15-17-32(18-16-30)27(33)23-7-10-26(31-13-11-28-12-14-31)25(20-23)29-36(34,35)24-8-5-22(6-9-24)19-21(2)3;3-2(4,5)1(6)7/h5-10,20-21,28-29H,4,11-19H2,1-3H3;(H,6,7). The largest absolute Gasteiger partial charge is 0.490 e. The molecule has 2 aromatic carbocycles. The lowest BCUT2D eigenvalue weighted by Gasteiger charge is -2.34. The van der Waals surface area contributed by atoms with Crippen molar-refractivity contribution in [2.24, 2.45) is 5.92 Å². The first-order valence-corrected chi connectivity index (χ1v) is 15.7. The van der Waals surface area contributed by atoms with Crippen LogP contribution in [-0.4, -0.2) is 100 Å². The number of hydrogen-bond acceptors (Lipinski definition) is 7. The van der Waals surface area contributed by atoms with Crippen LogP contribution < -0.4 is 14.9 Å². The topological polar surface area (TPSA) is 122 Å². The number of carboxylic acids is 1. The Labute approximate surface area is 250 Å². The molecule has 0 bridgehead atoms. The Morgan fingerprint density at radius 3 is 2.07 bits per heavy atom. The Hall–Kier alpha value is -3.36. The van der Waals surface area contributed by atoms with E-state index in [1.807, 2.05) is 29.2 Å². The first-order chi connectivity index (χ1) is 20.2. The van der Waals surface area contributed by atoms with Gasteiger partial charge in [-0.15, -0.1) is 0 Å². The van der Waals surface area contributed by atoms with Gasteiger partial charge >= 0.3 is 12.1 Å². The number of halogens is 3. The molecule has 43 heavy (non-hydrogen) atoms. The third-order valence-corrected chi connectivity index (χ3v) is 8.55. The van der Waals surface area contributed by atoms with Crippen LogP contribution >= 0.6 is 0 Å². The Morgan fingerprint density at radius 2 is 1.56 bits per heavy atom. The van der Waals surface area contributed by atoms with Gasteiger partial charge < -0.3 is 25.1 Å². The molecule has 0 aliphatic carbocycles. The van der Waals surface area contributed by atoms with Crippen molar-refractivity contribution >= 4 is 33.3 Å². The van der Waals surface area contributed by atoms with Gasteiger partial charge in [-0.2, -0.15) is 13.2 Å². The number of sulfonamides is 1. The number of carbonyl (C=O) groups excluding carboxylic acids is 1. The Balaban J connectivity index is 0.000000646. The summed E-state index contributed by atoms with van der Waals surface area (Å²) in [6.07, 6.45) is -4.18. The first-order valence-electron chi connectivity index (χ1n) is 14.2. The molecule has 0 aromatic heterocycles. The van der Waals surface area contributed by atoms with Crippen LogP contribution in [0.25, 0.3) is 0 Å². The number of piperazine rings is 2. The predicted molar refractivity (Wildman–Crippen MR) is 159 cm³/mol. The highest BCUT2D eigenvalue weighted by molar-refractivity contribution is 7.92. The molecular weight excluding hydrogens is 587 g/mol. The average Bonchev–Trinajstić information content (AvgIpc) is 2.97. The van der Waals surface area contributed by atoms with Crippen molar-refractivity contribution in [3.05, 3.63) is 53.6 Å². The summed E-state index contributed by atoms with van der Waals surface area (Å²) >= 11 is 0. The van der Waals surface area contributed by atoms with Crippen LogP contribution in [-0.2, 0) is 21.2 Å². The van der Waals surface area contributed by atoms with Crippen LogP contribution in [0.1, 0.15) is 36.7 Å². The molecule has 0 unspecified atom stereocenters. The quantitative estimate of drug-likeness (QED) is 0.407. The second-order valence-electron chi connectivity index (χ2n) is 10.8. The smallest absolute Gasteiger partial charge is 0.475 e. The maximum absolute atomic E-state index is 13.4. The van der Waals surface area contributed by atoms with Crippen molar-refractivity contribution in [3.63, 3.8) is 0 Å². The number of alkyl halides is 3. The number of rotatable bonds is 8. The number of anilines is 2. The van der Waals surface area contributed by atoms with Crippen molar-refractivity contribution in [1.29, 1.82) is 0 Å². The molecule has 1 amide bonds. The molecule has 0 saturated carbocycles. The minimum Gasteiger partial charge on any atom is -0.475 e. The van der Waals surface area contributed by atoms with E-state index >= 15 is 0 Å². The number of carboxylic acid groups (broad SMARTS) is 1. The van der Waals surface area contributed by atoms with E-state index in [2.05, 4.69) is 40.6 Å². The number of carbonyl (C=O) groups is 2. The van der Waals surface area contributed by atoms with Crippen LogP contribution in [0, 0.1) is 5.92 Å². The van der Waals surface area contributed by atoms with Gasteiger partial charge in [-0.3, -0.25) is 9.52 Å². The van der Waals surface area contributed by atoms with Gasteiger partial charge in [0.15, 0.2) is 0 Å². The lowest BCUT2D eigenvalue weighted by Crippen LogP contribution is -2.48. The number of aliphatic carboxylic acids is 1. The van der Waals surface area contributed by atoms with Crippen LogP contribution in [0.4, 0.5) is 24.5 Å². The number of nitrogens with one attached hydrogen (secondary N) is 2. The molecule has 2 saturated heterocycles. The number of likely N-dealkylation sites (N-methyl/N-ethyl adjacent to an activating group) is 1. The van der Waals surface area contributed by atoms with Crippen molar-refractivity contribution in [2.45, 2.75) is 38.3 Å². The van der Waals surface area contributed by atoms with E-state index in [-0.39, 0.29) is 10.8 Å². The highest BCUT2D eigenvalue weighted by Gasteiger charge is 2.38. The molecule has 0 spiro atoms. The van der Waals surface area contributed by atoms with E-state index in [0.717, 1.165) is 63.5 Å². The average molecular weight is 628 g/mol. The van der Waals surface area contributed by atoms with E-state index in [4.69, 9.17) is 9.90 Å². The fourth-order valence-electron chi connectivity index (χ4n) is 4.86. The van der Waals surface area contributed by atoms with Crippen molar-refractivity contribution < 1.29 is 36.3 Å². The lowest BCUT2D eigenvalue weighted by molar-refractivity contribution is -0.192. The summed E-state index contributed by atoms with van der Waals surface area (Å²) < 4.78 is 61.3. The van der Waals surface area contributed by atoms with Gasteiger partial charge in [0.25, 0.3) is 15.9 Å². The summed E-state index contributed by atoms with van der Waals surface area (Å²) in [6, 6.07) is 12.5. The first kappa shape index (κ1) is 34.1. The second-order valence-corrected chi connectivity index (χ2v) is 12.5. The third-order valence-electron chi connectivity index (χ3n) is 7.17. The Morgan fingerprint density at radius 1 is 0.977 bits per heavy atom. The minimum absolute atomic E-state index is 0.0592. The summed E-state index contributed by atoms with van der Waals surface area (Å²) in [7, 11) is -3.82. The molecule has 2 aliphatic rings. The number of amides is 1. The van der Waals surface area contributed by atoms with E-state index in [1.165, 1.54) is 0 Å². The van der Waals surface area contributed by atoms with Gasteiger partial charge in [0.1, 0.15) is 0 Å². The van der Waals surface area contributed by atoms with E-state index in [1.54, 1.807) is 18.2 Å². The fourth-order valence-corrected chi connectivity index (χ4v) is 5.93. The highest BCUT2D eigenvalue weighted by atomic mass is 32.2.